The first-order valence-corrected chi connectivity index (χ1v) is 13.2. The number of aryl methyl sites for hydroxylation is 2. The number of amides is 2. The number of alkyl halides is 2. The Morgan fingerprint density at radius 2 is 1.95 bits per heavy atom. The molecule has 38 heavy (non-hydrogen) atoms. The number of piperidine rings is 1. The number of hydrogen-bond acceptors (Lipinski definition) is 4. The standard InChI is InChI=1S/C29H31F2N5O2/c1-17(37)35-15-21-8-20(19-5-6-28(38)32-12-19)10-27(25(21)16-35)36-7-3-4-18-9-23(22-13-33-34(2)14-22)24(29(30)31)11-26(18)36/h8-11,13-14,19,29H,3-7,12,15-16H2,1-2H3,(H,32,38). The maximum absolute atomic E-state index is 14.4. The number of nitrogens with zero attached hydrogens (tertiary/aromatic N) is 4. The first-order valence-electron chi connectivity index (χ1n) is 13.2. The van der Waals surface area contributed by atoms with Crippen molar-refractivity contribution in [1.29, 1.82) is 0 Å². The van der Waals surface area contributed by atoms with E-state index in [1.165, 1.54) is 0 Å². The third-order valence-corrected chi connectivity index (χ3v) is 8.14. The van der Waals surface area contributed by atoms with E-state index in [0.717, 1.165) is 52.9 Å². The fourth-order valence-electron chi connectivity index (χ4n) is 6.12. The van der Waals surface area contributed by atoms with E-state index in [9.17, 15) is 18.4 Å². The molecule has 7 nitrogen and oxygen atoms in total. The zero-order chi connectivity index (χ0) is 26.6. The zero-order valence-electron chi connectivity index (χ0n) is 21.6. The lowest BCUT2D eigenvalue weighted by atomic mass is 9.87. The van der Waals surface area contributed by atoms with Crippen molar-refractivity contribution in [1.82, 2.24) is 20.0 Å². The van der Waals surface area contributed by atoms with Crippen LogP contribution in [0, 0.1) is 0 Å². The summed E-state index contributed by atoms with van der Waals surface area (Å²) in [5.41, 5.74) is 7.31. The van der Waals surface area contributed by atoms with Crippen molar-refractivity contribution >= 4 is 23.2 Å². The van der Waals surface area contributed by atoms with Gasteiger partial charge in [0.05, 0.1) is 6.20 Å². The van der Waals surface area contributed by atoms with E-state index in [1.54, 1.807) is 37.1 Å². The Morgan fingerprint density at radius 3 is 2.63 bits per heavy atom. The van der Waals surface area contributed by atoms with Gasteiger partial charge in [-0.3, -0.25) is 14.3 Å². The molecule has 198 valence electrons. The highest BCUT2D eigenvalue weighted by molar-refractivity contribution is 5.80. The fraction of sp³-hybridized carbons (Fsp3) is 0.414. The summed E-state index contributed by atoms with van der Waals surface area (Å²) in [5, 5.41) is 7.17. The first-order chi connectivity index (χ1) is 18.3. The monoisotopic (exact) mass is 519 g/mol. The van der Waals surface area contributed by atoms with Crippen LogP contribution >= 0.6 is 0 Å². The third-order valence-electron chi connectivity index (χ3n) is 8.14. The van der Waals surface area contributed by atoms with E-state index in [0.29, 0.717) is 43.7 Å². The molecule has 4 heterocycles. The molecule has 2 aromatic carbocycles. The molecule has 2 amide bonds. The van der Waals surface area contributed by atoms with Crippen molar-refractivity contribution in [2.75, 3.05) is 18.0 Å². The molecule has 9 heteroatoms. The minimum atomic E-state index is -2.63. The molecular weight excluding hydrogens is 488 g/mol. The first kappa shape index (κ1) is 24.6. The Hall–Kier alpha value is -3.75. The van der Waals surface area contributed by atoms with Gasteiger partial charge in [-0.05, 0) is 59.7 Å². The molecular formula is C29H31F2N5O2. The van der Waals surface area contributed by atoms with Gasteiger partial charge >= 0.3 is 0 Å². The Balaban J connectivity index is 1.47. The lowest BCUT2D eigenvalue weighted by Gasteiger charge is -2.35. The van der Waals surface area contributed by atoms with Crippen LogP contribution in [0.4, 0.5) is 20.2 Å². The molecule has 3 aliphatic heterocycles. The number of nitrogens with one attached hydrogen (secondary N) is 1. The van der Waals surface area contributed by atoms with Gasteiger partial charge in [-0.1, -0.05) is 6.07 Å². The van der Waals surface area contributed by atoms with Gasteiger partial charge in [0, 0.05) is 86.8 Å². The van der Waals surface area contributed by atoms with Crippen LogP contribution < -0.4 is 10.2 Å². The van der Waals surface area contributed by atoms with Gasteiger partial charge in [0.25, 0.3) is 6.43 Å². The molecule has 1 fully saturated rings. The van der Waals surface area contributed by atoms with Gasteiger partial charge in [-0.2, -0.15) is 5.10 Å². The maximum atomic E-state index is 14.4. The maximum Gasteiger partial charge on any atom is 0.264 e. The summed E-state index contributed by atoms with van der Waals surface area (Å²) in [4.78, 5) is 28.1. The molecule has 1 aromatic heterocycles. The average molecular weight is 520 g/mol. The number of benzene rings is 2. The normalized spacial score (nSPS) is 19.0. The van der Waals surface area contributed by atoms with Crippen LogP contribution in [0.1, 0.15) is 66.3 Å². The number of carbonyl (C=O) groups excluding carboxylic acids is 2. The minimum absolute atomic E-state index is 0.00296. The molecule has 1 unspecified atom stereocenters. The van der Waals surface area contributed by atoms with Crippen molar-refractivity contribution in [2.24, 2.45) is 7.05 Å². The van der Waals surface area contributed by atoms with Crippen molar-refractivity contribution in [3.05, 3.63) is 64.5 Å². The van der Waals surface area contributed by atoms with Crippen LogP contribution in [0.15, 0.2) is 36.7 Å². The van der Waals surface area contributed by atoms with Crippen LogP contribution in [0.2, 0.25) is 0 Å². The summed E-state index contributed by atoms with van der Waals surface area (Å²) < 4.78 is 30.4. The molecule has 0 radical (unpaired) electrons. The lowest BCUT2D eigenvalue weighted by Crippen LogP contribution is -2.34. The van der Waals surface area contributed by atoms with Gasteiger partial charge in [-0.15, -0.1) is 0 Å². The van der Waals surface area contributed by atoms with E-state index >= 15 is 0 Å². The average Bonchev–Trinajstić information content (AvgIpc) is 3.54. The second-order valence-electron chi connectivity index (χ2n) is 10.6. The molecule has 0 bridgehead atoms. The number of halogens is 2. The summed E-state index contributed by atoms with van der Waals surface area (Å²) in [6, 6.07) is 7.89. The number of hydrogen-bond donors (Lipinski definition) is 1. The quantitative estimate of drug-likeness (QED) is 0.529. The molecule has 6 rings (SSSR count). The van der Waals surface area contributed by atoms with Crippen LogP contribution in [0.5, 0.6) is 0 Å². The molecule has 1 saturated heterocycles. The van der Waals surface area contributed by atoms with Crippen molar-refractivity contribution in [2.45, 2.75) is 58.0 Å². The van der Waals surface area contributed by atoms with Crippen LogP contribution in [-0.4, -0.2) is 39.6 Å². The zero-order valence-corrected chi connectivity index (χ0v) is 21.6. The number of fused-ring (bicyclic) bond motifs is 2. The highest BCUT2D eigenvalue weighted by Crippen LogP contribution is 2.45. The number of anilines is 2. The number of aromatic nitrogens is 2. The highest BCUT2D eigenvalue weighted by Gasteiger charge is 2.32. The SMILES string of the molecule is CC(=O)N1Cc2cc(C3CCC(=O)NC3)cc(N3CCCc4cc(-c5cnn(C)c5)c(C(F)F)cc43)c2C1. The summed E-state index contributed by atoms with van der Waals surface area (Å²) >= 11 is 0. The van der Waals surface area contributed by atoms with Crippen molar-refractivity contribution in [3.8, 4) is 11.1 Å². The van der Waals surface area contributed by atoms with Gasteiger partial charge in [0.2, 0.25) is 11.8 Å². The van der Waals surface area contributed by atoms with Crippen LogP contribution in [0.3, 0.4) is 0 Å². The Bertz CT molecular complexity index is 1420. The number of carbonyl (C=O) groups is 2. The number of rotatable bonds is 4. The van der Waals surface area contributed by atoms with E-state index in [4.69, 9.17) is 0 Å². The predicted molar refractivity (Wildman–Crippen MR) is 140 cm³/mol. The highest BCUT2D eigenvalue weighted by atomic mass is 19.3. The topological polar surface area (TPSA) is 70.5 Å². The summed E-state index contributed by atoms with van der Waals surface area (Å²) in [6.07, 6.45) is 3.71. The van der Waals surface area contributed by atoms with Gasteiger partial charge in [0.15, 0.2) is 0 Å². The second-order valence-corrected chi connectivity index (χ2v) is 10.6. The van der Waals surface area contributed by atoms with Crippen LogP contribution in [-0.2, 0) is 36.1 Å². The molecule has 0 aliphatic carbocycles. The van der Waals surface area contributed by atoms with E-state index in [2.05, 4.69) is 27.4 Å². The van der Waals surface area contributed by atoms with E-state index in [-0.39, 0.29) is 23.3 Å². The van der Waals surface area contributed by atoms with Gasteiger partial charge in [-0.25, -0.2) is 8.78 Å². The Labute approximate surface area is 220 Å². The van der Waals surface area contributed by atoms with E-state index in [1.807, 2.05) is 11.0 Å². The largest absolute Gasteiger partial charge is 0.355 e. The van der Waals surface area contributed by atoms with Crippen molar-refractivity contribution < 1.29 is 18.4 Å². The Kier molecular flexibility index (Phi) is 6.16. The van der Waals surface area contributed by atoms with Gasteiger partial charge in [0.1, 0.15) is 0 Å². The third kappa shape index (κ3) is 4.33. The molecule has 3 aliphatic rings. The second kappa shape index (κ2) is 9.53. The molecule has 1 atom stereocenters. The van der Waals surface area contributed by atoms with E-state index < -0.39 is 6.43 Å². The molecule has 0 saturated carbocycles. The van der Waals surface area contributed by atoms with Crippen molar-refractivity contribution in [3.63, 3.8) is 0 Å². The molecule has 0 spiro atoms. The lowest BCUT2D eigenvalue weighted by molar-refractivity contribution is -0.129. The smallest absolute Gasteiger partial charge is 0.264 e. The Morgan fingerprint density at radius 1 is 1.11 bits per heavy atom. The predicted octanol–water partition coefficient (Wildman–Crippen LogP) is 4.96. The summed E-state index contributed by atoms with van der Waals surface area (Å²) in [5.74, 6) is 0.259. The fourth-order valence-corrected chi connectivity index (χ4v) is 6.12. The minimum Gasteiger partial charge on any atom is -0.355 e. The van der Waals surface area contributed by atoms with Gasteiger partial charge < -0.3 is 15.1 Å². The molecule has 1 N–H and O–H groups in total. The summed E-state index contributed by atoms with van der Waals surface area (Å²) in [6.45, 7) is 3.90. The molecule has 3 aromatic rings. The van der Waals surface area contributed by atoms with Crippen LogP contribution in [0.25, 0.3) is 11.1 Å². The summed E-state index contributed by atoms with van der Waals surface area (Å²) in [7, 11) is 1.78.